The number of anilines is 4. The predicted molar refractivity (Wildman–Crippen MR) is 229 cm³/mol. The fourth-order valence-corrected chi connectivity index (χ4v) is 7.18. The Bertz CT molecular complexity index is 2770. The van der Waals surface area contributed by atoms with Crippen molar-refractivity contribution in [3.63, 3.8) is 0 Å². The van der Waals surface area contributed by atoms with E-state index < -0.39 is 0 Å². The number of benzene rings is 2. The van der Waals surface area contributed by atoms with Crippen LogP contribution in [-0.2, 0) is 0 Å². The van der Waals surface area contributed by atoms with Crippen LogP contribution in [0.5, 0.6) is 0 Å². The van der Waals surface area contributed by atoms with Crippen molar-refractivity contribution >= 4 is 46.9 Å². The number of hydrogen-bond donors (Lipinski definition) is 5. The Morgan fingerprint density at radius 2 is 1.42 bits per heavy atom. The summed E-state index contributed by atoms with van der Waals surface area (Å²) in [7, 11) is 1.54. The summed E-state index contributed by atoms with van der Waals surface area (Å²) in [5, 5.41) is 2.96. The highest BCUT2D eigenvalue weighted by molar-refractivity contribution is 6.31. The number of piperidine rings is 1. The molecular weight excluding hydrogens is 764 g/mol. The van der Waals surface area contributed by atoms with Gasteiger partial charge in [0.1, 0.15) is 11.6 Å². The summed E-state index contributed by atoms with van der Waals surface area (Å²) in [5.41, 5.74) is 31.7. The number of aromatic nitrogens is 6. The normalized spacial score (nSPS) is 13.4. The van der Waals surface area contributed by atoms with Crippen LogP contribution in [0, 0.1) is 37.5 Å². The van der Waals surface area contributed by atoms with E-state index in [1.807, 2.05) is 30.0 Å². The molecule has 7 rings (SSSR count). The van der Waals surface area contributed by atoms with Gasteiger partial charge in [0.2, 0.25) is 11.9 Å². The number of nitrogen functional groups attached to an aromatic ring is 4. The fourth-order valence-electron chi connectivity index (χ4n) is 6.94. The number of amides is 2. The number of rotatable bonds is 5. The molecule has 14 nitrogen and oxygen atoms in total. The molecule has 0 saturated carbocycles. The van der Waals surface area contributed by atoms with E-state index in [0.29, 0.717) is 97.0 Å². The summed E-state index contributed by atoms with van der Waals surface area (Å²) < 4.78 is 0. The van der Waals surface area contributed by atoms with Crippen molar-refractivity contribution in [2.45, 2.75) is 32.6 Å². The lowest BCUT2D eigenvalue weighted by Gasteiger charge is -2.33. The Hall–Kier alpha value is -7.55. The maximum atomic E-state index is 14.1. The maximum Gasteiger partial charge on any atom is 0.253 e. The van der Waals surface area contributed by atoms with Gasteiger partial charge in [-0.05, 0) is 75.2 Å². The lowest BCUT2D eigenvalue weighted by Crippen LogP contribution is -2.39. The zero-order valence-electron chi connectivity index (χ0n) is 32.5. The second kappa shape index (κ2) is 16.9. The van der Waals surface area contributed by atoms with Crippen LogP contribution in [0.3, 0.4) is 0 Å². The highest BCUT2D eigenvalue weighted by Crippen LogP contribution is 2.33. The topological polar surface area (TPSA) is 231 Å². The zero-order valence-corrected chi connectivity index (χ0v) is 33.2. The fraction of sp³-hybridized carbons (Fsp3) is 0.182. The molecule has 0 radical (unpaired) electrons. The number of nitrogens with two attached hydrogens (primary N) is 4. The zero-order chi connectivity index (χ0) is 41.8. The Morgan fingerprint density at radius 3 is 2.10 bits per heavy atom. The number of pyridine rings is 2. The van der Waals surface area contributed by atoms with Crippen LogP contribution in [0.1, 0.15) is 78.7 Å². The lowest BCUT2D eigenvalue weighted by atomic mass is 9.89. The average Bonchev–Trinajstić information content (AvgIpc) is 3.23. The van der Waals surface area contributed by atoms with Crippen molar-refractivity contribution in [3.8, 4) is 46.2 Å². The molecule has 0 spiro atoms. The van der Waals surface area contributed by atoms with Crippen LogP contribution in [0.2, 0.25) is 5.02 Å². The third kappa shape index (κ3) is 8.89. The number of carbonyl (C=O) groups is 2. The van der Waals surface area contributed by atoms with Gasteiger partial charge in [-0.3, -0.25) is 9.59 Å². The number of carbonyl (C=O) groups excluding carboxylic acids is 2. The van der Waals surface area contributed by atoms with Crippen LogP contribution in [0.15, 0.2) is 73.1 Å². The number of aryl methyl sites for hydroxylation is 2. The van der Waals surface area contributed by atoms with Gasteiger partial charge >= 0.3 is 0 Å². The van der Waals surface area contributed by atoms with Crippen molar-refractivity contribution in [2.24, 2.45) is 0 Å². The lowest BCUT2D eigenvalue weighted by molar-refractivity contribution is 0.0707. The van der Waals surface area contributed by atoms with Gasteiger partial charge in [0, 0.05) is 82.4 Å². The summed E-state index contributed by atoms with van der Waals surface area (Å²) in [6.45, 7) is 4.59. The summed E-state index contributed by atoms with van der Waals surface area (Å²) >= 11 is 6.40. The van der Waals surface area contributed by atoms with Gasteiger partial charge in [-0.1, -0.05) is 47.4 Å². The minimum atomic E-state index is -0.301. The highest BCUT2D eigenvalue weighted by Gasteiger charge is 2.28. The van der Waals surface area contributed by atoms with E-state index in [-0.39, 0.29) is 29.6 Å². The van der Waals surface area contributed by atoms with Crippen molar-refractivity contribution < 1.29 is 9.59 Å². The first-order valence-corrected chi connectivity index (χ1v) is 19.0. The standard InChI is InChI=1S/C44H39ClN12O2/c1-24-34(12-9-26-11-14-37(46)51-21-26)38(55-43(48)53-24)28-6-4-7-29(17-28)42(59)57-15-5-8-30(23-57)36-16-27(22-52-40(36)47)10-13-35-25(2)54-44(49)56-39(35)31-18-32(41(58)50-3)20-33(45)19-31/h4,6-7,11,14,16-22,30H,5,8,15,23H2,1-3H3,(H2,46,51)(H2,47,52)(H,50,58)(H2,48,53,55)(H2,49,54,56). The van der Waals surface area contributed by atoms with Crippen LogP contribution < -0.4 is 28.3 Å². The van der Waals surface area contributed by atoms with Gasteiger partial charge in [0.05, 0.1) is 33.9 Å². The molecule has 294 valence electrons. The largest absolute Gasteiger partial charge is 0.384 e. The molecule has 1 saturated heterocycles. The van der Waals surface area contributed by atoms with Gasteiger partial charge < -0.3 is 33.2 Å². The molecule has 1 aliphatic rings. The third-order valence-electron chi connectivity index (χ3n) is 9.81. The Labute approximate surface area is 345 Å². The summed E-state index contributed by atoms with van der Waals surface area (Å²) in [4.78, 5) is 54.7. The third-order valence-corrected chi connectivity index (χ3v) is 10.0. The number of likely N-dealkylation sites (tertiary alicyclic amines) is 1. The molecular formula is C44H39ClN12O2. The van der Waals surface area contributed by atoms with Gasteiger partial charge in [-0.15, -0.1) is 0 Å². The van der Waals surface area contributed by atoms with Crippen LogP contribution in [0.25, 0.3) is 22.5 Å². The predicted octanol–water partition coefficient (Wildman–Crippen LogP) is 5.17. The Morgan fingerprint density at radius 1 is 0.763 bits per heavy atom. The summed E-state index contributed by atoms with van der Waals surface area (Å²) in [6, 6.07) is 17.6. The quantitative estimate of drug-likeness (QED) is 0.142. The number of nitrogens with one attached hydrogen (secondary N) is 1. The van der Waals surface area contributed by atoms with Crippen LogP contribution in [0.4, 0.5) is 23.5 Å². The van der Waals surface area contributed by atoms with Crippen LogP contribution >= 0.6 is 11.6 Å². The Balaban J connectivity index is 1.15. The molecule has 15 heteroatoms. The molecule has 6 aromatic rings. The van der Waals surface area contributed by atoms with Gasteiger partial charge in [0.25, 0.3) is 11.8 Å². The molecule has 4 aromatic heterocycles. The molecule has 1 aliphatic heterocycles. The van der Waals surface area contributed by atoms with E-state index in [2.05, 4.69) is 58.9 Å². The van der Waals surface area contributed by atoms with Crippen molar-refractivity contribution in [3.05, 3.63) is 128 Å². The van der Waals surface area contributed by atoms with Crippen molar-refractivity contribution in [1.82, 2.24) is 40.1 Å². The van der Waals surface area contributed by atoms with E-state index in [1.165, 1.54) is 0 Å². The molecule has 0 bridgehead atoms. The molecule has 0 aliphatic carbocycles. The van der Waals surface area contributed by atoms with E-state index >= 15 is 0 Å². The summed E-state index contributed by atoms with van der Waals surface area (Å²) in [5.74, 6) is 13.1. The van der Waals surface area contributed by atoms with Gasteiger partial charge in [0.15, 0.2) is 0 Å². The van der Waals surface area contributed by atoms with E-state index in [1.54, 1.807) is 68.8 Å². The maximum absolute atomic E-state index is 14.1. The first kappa shape index (κ1) is 39.7. The van der Waals surface area contributed by atoms with E-state index in [4.69, 9.17) is 34.5 Å². The van der Waals surface area contributed by atoms with E-state index in [9.17, 15) is 9.59 Å². The molecule has 1 unspecified atom stereocenters. The number of nitrogens with zero attached hydrogens (tertiary/aromatic N) is 7. The summed E-state index contributed by atoms with van der Waals surface area (Å²) in [6.07, 6.45) is 4.76. The van der Waals surface area contributed by atoms with Crippen LogP contribution in [-0.4, -0.2) is 66.8 Å². The minimum Gasteiger partial charge on any atom is -0.384 e. The molecule has 2 amide bonds. The molecule has 2 aromatic carbocycles. The molecule has 1 atom stereocenters. The van der Waals surface area contributed by atoms with Gasteiger partial charge in [-0.25, -0.2) is 29.9 Å². The molecule has 5 heterocycles. The smallest absolute Gasteiger partial charge is 0.253 e. The second-order valence-corrected chi connectivity index (χ2v) is 14.4. The molecule has 9 N–H and O–H groups in total. The monoisotopic (exact) mass is 802 g/mol. The number of halogens is 1. The molecule has 1 fully saturated rings. The highest BCUT2D eigenvalue weighted by atomic mass is 35.5. The first-order chi connectivity index (χ1) is 28.4. The first-order valence-electron chi connectivity index (χ1n) is 18.6. The number of hydrogen-bond acceptors (Lipinski definition) is 12. The SMILES string of the molecule is CNC(=O)c1cc(Cl)cc(-c2nc(N)nc(C)c2C#Cc2cnc(N)c(C3CCCN(C(=O)c4cccc(-c5nc(N)nc(C)c5C#Cc5ccc(N)nc5)c4)C3)c2)c1. The van der Waals surface area contributed by atoms with Gasteiger partial charge in [-0.2, -0.15) is 0 Å². The Kier molecular flexibility index (Phi) is 11.4. The average molecular weight is 803 g/mol. The molecule has 59 heavy (non-hydrogen) atoms. The van der Waals surface area contributed by atoms with E-state index in [0.717, 1.165) is 18.4 Å². The van der Waals surface area contributed by atoms with Crippen molar-refractivity contribution in [2.75, 3.05) is 43.1 Å². The van der Waals surface area contributed by atoms with Crippen molar-refractivity contribution in [1.29, 1.82) is 0 Å². The second-order valence-electron chi connectivity index (χ2n) is 13.9. The minimum absolute atomic E-state index is 0.0559.